The van der Waals surface area contributed by atoms with Gasteiger partial charge in [-0.1, -0.05) is 49.4 Å². The highest BCUT2D eigenvalue weighted by atomic mass is 19.1. The van der Waals surface area contributed by atoms with Gasteiger partial charge in [0.1, 0.15) is 5.82 Å². The predicted molar refractivity (Wildman–Crippen MR) is 85.1 cm³/mol. The van der Waals surface area contributed by atoms with Gasteiger partial charge in [0, 0.05) is 25.2 Å². The Kier molecular flexibility index (Phi) is 5.90. The summed E-state index contributed by atoms with van der Waals surface area (Å²) in [5.74, 6) is -0.152. The molecule has 0 spiro atoms. The number of hydrogen-bond donors (Lipinski definition) is 1. The minimum absolute atomic E-state index is 0.152. The van der Waals surface area contributed by atoms with Crippen molar-refractivity contribution in [3.8, 4) is 0 Å². The van der Waals surface area contributed by atoms with Crippen molar-refractivity contribution in [1.82, 2.24) is 4.90 Å². The number of nitrogens with zero attached hydrogens (tertiary/aromatic N) is 1. The molecule has 21 heavy (non-hydrogen) atoms. The van der Waals surface area contributed by atoms with E-state index in [1.165, 1.54) is 11.6 Å². The van der Waals surface area contributed by atoms with Gasteiger partial charge in [0.15, 0.2) is 0 Å². The zero-order chi connectivity index (χ0) is 15.1. The Labute approximate surface area is 126 Å². The first kappa shape index (κ1) is 15.7. The van der Waals surface area contributed by atoms with Crippen LogP contribution in [0.15, 0.2) is 48.5 Å². The summed E-state index contributed by atoms with van der Waals surface area (Å²) >= 11 is 0. The lowest BCUT2D eigenvalue weighted by atomic mass is 10.1. The van der Waals surface area contributed by atoms with Crippen LogP contribution >= 0.6 is 0 Å². The zero-order valence-electron chi connectivity index (χ0n) is 12.6. The molecule has 2 aromatic rings. The SMILES string of the molecule is CCCN(Cc1ccccc1)Cc1cc(CN)ccc1F. The molecular formula is C18H23FN2. The minimum Gasteiger partial charge on any atom is -0.326 e. The van der Waals surface area contributed by atoms with E-state index in [0.29, 0.717) is 13.1 Å². The molecule has 0 fully saturated rings. The lowest BCUT2D eigenvalue weighted by Crippen LogP contribution is -2.24. The van der Waals surface area contributed by atoms with Gasteiger partial charge < -0.3 is 5.73 Å². The third kappa shape index (κ3) is 4.66. The van der Waals surface area contributed by atoms with Crippen molar-refractivity contribution < 1.29 is 4.39 Å². The Morgan fingerprint density at radius 3 is 2.43 bits per heavy atom. The van der Waals surface area contributed by atoms with Crippen molar-refractivity contribution in [3.63, 3.8) is 0 Å². The smallest absolute Gasteiger partial charge is 0.127 e. The summed E-state index contributed by atoms with van der Waals surface area (Å²) < 4.78 is 14.0. The maximum Gasteiger partial charge on any atom is 0.127 e. The molecule has 3 heteroatoms. The Hall–Kier alpha value is -1.71. The molecule has 0 amide bonds. The second-order valence-electron chi connectivity index (χ2n) is 5.33. The second-order valence-corrected chi connectivity index (χ2v) is 5.33. The van der Waals surface area contributed by atoms with Crippen LogP contribution < -0.4 is 5.73 Å². The van der Waals surface area contributed by atoms with Crippen molar-refractivity contribution in [3.05, 3.63) is 71.0 Å². The fourth-order valence-electron chi connectivity index (χ4n) is 2.49. The van der Waals surface area contributed by atoms with Crippen LogP contribution in [0, 0.1) is 5.82 Å². The fraction of sp³-hybridized carbons (Fsp3) is 0.333. The molecule has 0 atom stereocenters. The van der Waals surface area contributed by atoms with Gasteiger partial charge in [-0.2, -0.15) is 0 Å². The Morgan fingerprint density at radius 2 is 1.76 bits per heavy atom. The Bertz CT molecular complexity index is 554. The first-order valence-corrected chi connectivity index (χ1v) is 7.46. The van der Waals surface area contributed by atoms with Gasteiger partial charge in [0.2, 0.25) is 0 Å². The molecule has 0 aliphatic carbocycles. The van der Waals surface area contributed by atoms with Gasteiger partial charge in [-0.25, -0.2) is 4.39 Å². The topological polar surface area (TPSA) is 29.3 Å². The molecule has 2 nitrogen and oxygen atoms in total. The van der Waals surface area contributed by atoms with Crippen LogP contribution in [0.1, 0.15) is 30.0 Å². The molecule has 112 valence electrons. The van der Waals surface area contributed by atoms with Crippen LogP contribution in [0.25, 0.3) is 0 Å². The molecule has 0 unspecified atom stereocenters. The first-order chi connectivity index (χ1) is 10.2. The van der Waals surface area contributed by atoms with Crippen molar-refractivity contribution in [2.24, 2.45) is 5.73 Å². The molecule has 2 N–H and O–H groups in total. The summed E-state index contributed by atoms with van der Waals surface area (Å²) in [4.78, 5) is 2.27. The van der Waals surface area contributed by atoms with E-state index in [9.17, 15) is 4.39 Å². The van der Waals surface area contributed by atoms with Gasteiger partial charge in [-0.15, -0.1) is 0 Å². The molecule has 2 rings (SSSR count). The van der Waals surface area contributed by atoms with E-state index < -0.39 is 0 Å². The zero-order valence-corrected chi connectivity index (χ0v) is 12.6. The maximum absolute atomic E-state index is 14.0. The van der Waals surface area contributed by atoms with Crippen LogP contribution in [0.3, 0.4) is 0 Å². The summed E-state index contributed by atoms with van der Waals surface area (Å²) in [7, 11) is 0. The fourth-order valence-corrected chi connectivity index (χ4v) is 2.49. The predicted octanol–water partition coefficient (Wildman–Crippen LogP) is 3.70. The normalized spacial score (nSPS) is 11.0. The quantitative estimate of drug-likeness (QED) is 0.841. The molecule has 2 aromatic carbocycles. The molecule has 0 heterocycles. The molecule has 0 aliphatic rings. The van der Waals surface area contributed by atoms with Crippen LogP contribution in [0.4, 0.5) is 4.39 Å². The highest BCUT2D eigenvalue weighted by molar-refractivity contribution is 5.25. The molecule has 0 bridgehead atoms. The van der Waals surface area contributed by atoms with Gasteiger partial charge in [0.25, 0.3) is 0 Å². The summed E-state index contributed by atoms with van der Waals surface area (Å²) in [5, 5.41) is 0. The molecular weight excluding hydrogens is 263 g/mol. The third-order valence-electron chi connectivity index (χ3n) is 3.53. The van der Waals surface area contributed by atoms with Gasteiger partial charge in [-0.3, -0.25) is 4.90 Å². The highest BCUT2D eigenvalue weighted by Crippen LogP contribution is 2.15. The molecule has 0 aliphatic heterocycles. The summed E-state index contributed by atoms with van der Waals surface area (Å²) in [5.41, 5.74) is 8.60. The van der Waals surface area contributed by atoms with Crippen LogP contribution in [0.2, 0.25) is 0 Å². The summed E-state index contributed by atoms with van der Waals surface area (Å²) in [6, 6.07) is 15.4. The Morgan fingerprint density at radius 1 is 1.00 bits per heavy atom. The van der Waals surface area contributed by atoms with E-state index in [1.54, 1.807) is 6.07 Å². The van der Waals surface area contributed by atoms with E-state index in [4.69, 9.17) is 5.73 Å². The number of nitrogens with two attached hydrogens (primary N) is 1. The van der Waals surface area contributed by atoms with Crippen molar-refractivity contribution in [1.29, 1.82) is 0 Å². The van der Waals surface area contributed by atoms with Crippen LogP contribution in [-0.4, -0.2) is 11.4 Å². The lowest BCUT2D eigenvalue weighted by Gasteiger charge is -2.22. The number of halogens is 1. The summed E-state index contributed by atoms with van der Waals surface area (Å²) in [6.07, 6.45) is 1.05. The number of benzene rings is 2. The van der Waals surface area contributed by atoms with Crippen molar-refractivity contribution in [2.45, 2.75) is 33.0 Å². The number of hydrogen-bond acceptors (Lipinski definition) is 2. The average molecular weight is 286 g/mol. The third-order valence-corrected chi connectivity index (χ3v) is 3.53. The molecule has 0 aromatic heterocycles. The van der Waals surface area contributed by atoms with Crippen LogP contribution in [-0.2, 0) is 19.6 Å². The minimum atomic E-state index is -0.152. The van der Waals surface area contributed by atoms with Gasteiger partial charge >= 0.3 is 0 Å². The molecule has 0 radical (unpaired) electrons. The van der Waals surface area contributed by atoms with E-state index in [-0.39, 0.29) is 5.82 Å². The largest absolute Gasteiger partial charge is 0.326 e. The maximum atomic E-state index is 14.0. The van der Waals surface area contributed by atoms with E-state index in [1.807, 2.05) is 24.3 Å². The lowest BCUT2D eigenvalue weighted by molar-refractivity contribution is 0.253. The van der Waals surface area contributed by atoms with Crippen molar-refractivity contribution in [2.75, 3.05) is 6.54 Å². The van der Waals surface area contributed by atoms with Crippen molar-refractivity contribution >= 4 is 0 Å². The van der Waals surface area contributed by atoms with E-state index >= 15 is 0 Å². The second kappa shape index (κ2) is 7.91. The van der Waals surface area contributed by atoms with Crippen LogP contribution in [0.5, 0.6) is 0 Å². The Balaban J connectivity index is 2.12. The first-order valence-electron chi connectivity index (χ1n) is 7.46. The average Bonchev–Trinajstić information content (AvgIpc) is 2.51. The van der Waals surface area contributed by atoms with E-state index in [2.05, 4.69) is 24.0 Å². The van der Waals surface area contributed by atoms with Gasteiger partial charge in [-0.05, 0) is 30.2 Å². The molecule has 0 saturated carbocycles. The number of rotatable bonds is 7. The monoisotopic (exact) mass is 286 g/mol. The van der Waals surface area contributed by atoms with E-state index in [0.717, 1.165) is 30.6 Å². The van der Waals surface area contributed by atoms with Gasteiger partial charge in [0.05, 0.1) is 0 Å². The standard InChI is InChI=1S/C18H23FN2/c1-2-10-21(13-15-6-4-3-5-7-15)14-17-11-16(12-20)8-9-18(17)19/h3-9,11H,2,10,12-14,20H2,1H3. The summed E-state index contributed by atoms with van der Waals surface area (Å²) in [6.45, 7) is 4.98. The highest BCUT2D eigenvalue weighted by Gasteiger charge is 2.10. The molecule has 0 saturated heterocycles.